The average Bonchev–Trinajstić information content (AvgIpc) is 2.79. The Balaban J connectivity index is 1.65. The second-order valence-corrected chi connectivity index (χ2v) is 5.87. The lowest BCUT2D eigenvalue weighted by Crippen LogP contribution is -2.37. The van der Waals surface area contributed by atoms with E-state index in [1.807, 2.05) is 0 Å². The molecule has 1 aliphatic rings. The first-order valence-corrected chi connectivity index (χ1v) is 8.21. The first kappa shape index (κ1) is 16.7. The zero-order chi connectivity index (χ0) is 18.8. The van der Waals surface area contributed by atoms with Crippen molar-refractivity contribution in [2.75, 3.05) is 16.8 Å². The summed E-state index contributed by atoms with van der Waals surface area (Å²) in [4.78, 5) is 30.9. The van der Waals surface area contributed by atoms with Gasteiger partial charge in [-0.05, 0) is 48.5 Å². The number of hydrogen-bond acceptors (Lipinski definition) is 4. The molecule has 0 radical (unpaired) electrons. The van der Waals surface area contributed by atoms with E-state index in [2.05, 4.69) is 10.3 Å². The number of aromatic nitrogens is 1. The van der Waals surface area contributed by atoms with Crippen molar-refractivity contribution in [3.05, 3.63) is 78.2 Å². The number of amides is 2. The van der Waals surface area contributed by atoms with Crippen molar-refractivity contribution in [2.24, 2.45) is 0 Å². The molecule has 0 bridgehead atoms. The molecule has 6 nitrogen and oxygen atoms in total. The molecule has 3 aromatic rings. The number of ether oxygens (including phenoxy) is 1. The Morgan fingerprint density at radius 3 is 2.67 bits per heavy atom. The molecule has 0 saturated carbocycles. The van der Waals surface area contributed by atoms with Gasteiger partial charge in [0, 0.05) is 11.9 Å². The molecule has 2 aromatic carbocycles. The van der Waals surface area contributed by atoms with E-state index in [0.717, 1.165) is 0 Å². The van der Waals surface area contributed by atoms with Gasteiger partial charge in [0.05, 0.1) is 5.69 Å². The lowest BCUT2D eigenvalue weighted by atomic mass is 10.2. The zero-order valence-corrected chi connectivity index (χ0v) is 14.1. The molecule has 27 heavy (non-hydrogen) atoms. The summed E-state index contributed by atoms with van der Waals surface area (Å²) in [6, 6.07) is 15.6. The SMILES string of the molecule is O=C(CN1C(=O)c2cccnc2Oc2ccccc21)Nc1ccc(F)cc1. The number of pyridine rings is 1. The molecule has 0 saturated heterocycles. The third kappa shape index (κ3) is 3.35. The summed E-state index contributed by atoms with van der Waals surface area (Å²) < 4.78 is 18.8. The first-order chi connectivity index (χ1) is 13.1. The van der Waals surface area contributed by atoms with E-state index in [0.29, 0.717) is 17.1 Å². The number of carbonyl (C=O) groups excluding carboxylic acids is 2. The van der Waals surface area contributed by atoms with Crippen molar-refractivity contribution in [1.29, 1.82) is 0 Å². The number of anilines is 2. The minimum Gasteiger partial charge on any atom is -0.436 e. The number of halogens is 1. The Hall–Kier alpha value is -3.74. The summed E-state index contributed by atoms with van der Waals surface area (Å²) in [7, 11) is 0. The fraction of sp³-hybridized carbons (Fsp3) is 0.0500. The maximum atomic E-state index is 13.0. The van der Waals surface area contributed by atoms with Crippen LogP contribution in [0.4, 0.5) is 15.8 Å². The van der Waals surface area contributed by atoms with Gasteiger partial charge in [0.15, 0.2) is 5.75 Å². The Bertz CT molecular complexity index is 1020. The van der Waals surface area contributed by atoms with Gasteiger partial charge in [0.1, 0.15) is 17.9 Å². The maximum absolute atomic E-state index is 13.0. The summed E-state index contributed by atoms with van der Waals surface area (Å²) in [5.41, 5.74) is 1.17. The molecule has 4 rings (SSSR count). The number of fused-ring (bicyclic) bond motifs is 2. The molecule has 0 unspecified atom stereocenters. The predicted octanol–water partition coefficient (Wildman–Crippen LogP) is 3.61. The van der Waals surface area contributed by atoms with Crippen LogP contribution in [0.1, 0.15) is 10.4 Å². The number of para-hydroxylation sites is 2. The van der Waals surface area contributed by atoms with Crippen molar-refractivity contribution in [3.8, 4) is 11.6 Å². The molecule has 2 amide bonds. The molecule has 0 fully saturated rings. The summed E-state index contributed by atoms with van der Waals surface area (Å²) in [5.74, 6) is -0.588. The van der Waals surface area contributed by atoms with E-state index in [-0.39, 0.29) is 18.0 Å². The predicted molar refractivity (Wildman–Crippen MR) is 97.5 cm³/mol. The summed E-state index contributed by atoms with van der Waals surface area (Å²) in [5, 5.41) is 2.66. The molecule has 7 heteroatoms. The van der Waals surface area contributed by atoms with Crippen LogP contribution in [0, 0.1) is 5.82 Å². The lowest BCUT2D eigenvalue weighted by Gasteiger charge is -2.21. The largest absolute Gasteiger partial charge is 0.436 e. The number of hydrogen-bond donors (Lipinski definition) is 1. The van der Waals surface area contributed by atoms with Gasteiger partial charge in [0.2, 0.25) is 11.8 Å². The lowest BCUT2D eigenvalue weighted by molar-refractivity contribution is -0.114. The van der Waals surface area contributed by atoms with Gasteiger partial charge in [-0.1, -0.05) is 12.1 Å². The van der Waals surface area contributed by atoms with E-state index < -0.39 is 17.6 Å². The minimum atomic E-state index is -0.419. The highest BCUT2D eigenvalue weighted by Crippen LogP contribution is 2.37. The monoisotopic (exact) mass is 363 g/mol. The molecule has 0 aliphatic carbocycles. The van der Waals surface area contributed by atoms with Gasteiger partial charge in [-0.15, -0.1) is 0 Å². The summed E-state index contributed by atoms with van der Waals surface area (Å²) in [6.07, 6.45) is 1.53. The van der Waals surface area contributed by atoms with Gasteiger partial charge in [-0.2, -0.15) is 0 Å². The van der Waals surface area contributed by atoms with Crippen LogP contribution < -0.4 is 15.0 Å². The van der Waals surface area contributed by atoms with Crippen LogP contribution in [0.15, 0.2) is 66.9 Å². The number of nitrogens with zero attached hydrogens (tertiary/aromatic N) is 2. The molecule has 134 valence electrons. The molecular formula is C20H14FN3O3. The fourth-order valence-electron chi connectivity index (χ4n) is 2.79. The molecular weight excluding hydrogens is 349 g/mol. The first-order valence-electron chi connectivity index (χ1n) is 8.21. The van der Waals surface area contributed by atoms with Crippen LogP contribution >= 0.6 is 0 Å². The van der Waals surface area contributed by atoms with E-state index in [9.17, 15) is 14.0 Å². The summed E-state index contributed by atoms with van der Waals surface area (Å²) >= 11 is 0. The highest BCUT2D eigenvalue weighted by Gasteiger charge is 2.30. The highest BCUT2D eigenvalue weighted by molar-refractivity contribution is 6.12. The van der Waals surface area contributed by atoms with Crippen molar-refractivity contribution in [2.45, 2.75) is 0 Å². The third-order valence-corrected chi connectivity index (χ3v) is 4.04. The Morgan fingerprint density at radius 2 is 1.85 bits per heavy atom. The van der Waals surface area contributed by atoms with E-state index in [4.69, 9.17) is 4.74 Å². The smallest absolute Gasteiger partial charge is 0.264 e. The standard InChI is InChI=1S/C20H14FN3O3/c21-13-7-9-14(10-8-13)23-18(25)12-24-16-5-1-2-6-17(16)27-19-15(20(24)26)4-3-11-22-19/h1-11H,12H2,(H,23,25). The van der Waals surface area contributed by atoms with Gasteiger partial charge < -0.3 is 10.1 Å². The van der Waals surface area contributed by atoms with Gasteiger partial charge in [-0.3, -0.25) is 14.5 Å². The number of benzene rings is 2. The normalized spacial score (nSPS) is 12.5. The van der Waals surface area contributed by atoms with Crippen molar-refractivity contribution in [3.63, 3.8) is 0 Å². The van der Waals surface area contributed by atoms with Crippen LogP contribution in [0.2, 0.25) is 0 Å². The van der Waals surface area contributed by atoms with Crippen molar-refractivity contribution >= 4 is 23.2 Å². The van der Waals surface area contributed by atoms with Crippen molar-refractivity contribution in [1.82, 2.24) is 4.98 Å². The van der Waals surface area contributed by atoms with E-state index >= 15 is 0 Å². The second-order valence-electron chi connectivity index (χ2n) is 5.87. The van der Waals surface area contributed by atoms with Crippen LogP contribution in [-0.2, 0) is 4.79 Å². The highest BCUT2D eigenvalue weighted by atomic mass is 19.1. The second kappa shape index (κ2) is 6.87. The number of rotatable bonds is 3. The van der Waals surface area contributed by atoms with Crippen LogP contribution in [0.25, 0.3) is 0 Å². The molecule has 1 aliphatic heterocycles. The number of nitrogens with one attached hydrogen (secondary N) is 1. The third-order valence-electron chi connectivity index (χ3n) is 4.04. The minimum absolute atomic E-state index is 0.191. The quantitative estimate of drug-likeness (QED) is 0.772. The fourth-order valence-corrected chi connectivity index (χ4v) is 2.79. The van der Waals surface area contributed by atoms with Gasteiger partial charge >= 0.3 is 0 Å². The van der Waals surface area contributed by atoms with Crippen LogP contribution in [-0.4, -0.2) is 23.3 Å². The maximum Gasteiger partial charge on any atom is 0.264 e. The van der Waals surface area contributed by atoms with Crippen molar-refractivity contribution < 1.29 is 18.7 Å². The summed E-state index contributed by atoms with van der Waals surface area (Å²) in [6.45, 7) is -0.231. The van der Waals surface area contributed by atoms with Gasteiger partial charge in [0.25, 0.3) is 5.91 Å². The Labute approximate surface area is 154 Å². The van der Waals surface area contributed by atoms with Gasteiger partial charge in [-0.25, -0.2) is 9.37 Å². The van der Waals surface area contributed by atoms with Crippen LogP contribution in [0.5, 0.6) is 11.6 Å². The average molecular weight is 363 g/mol. The molecule has 1 aromatic heterocycles. The molecule has 0 spiro atoms. The molecule has 0 atom stereocenters. The molecule has 2 heterocycles. The Morgan fingerprint density at radius 1 is 1.07 bits per heavy atom. The Kier molecular flexibility index (Phi) is 4.25. The topological polar surface area (TPSA) is 71.5 Å². The van der Waals surface area contributed by atoms with E-state index in [1.54, 1.807) is 36.4 Å². The van der Waals surface area contributed by atoms with Crippen LogP contribution in [0.3, 0.4) is 0 Å². The zero-order valence-electron chi connectivity index (χ0n) is 14.1. The molecule has 1 N–H and O–H groups in total. The number of carbonyl (C=O) groups is 2. The van der Waals surface area contributed by atoms with E-state index in [1.165, 1.54) is 35.4 Å².